The van der Waals surface area contributed by atoms with E-state index in [-0.39, 0.29) is 0 Å². The van der Waals surface area contributed by atoms with E-state index in [1.807, 2.05) is 19.1 Å². The second-order valence-electron chi connectivity index (χ2n) is 3.23. The van der Waals surface area contributed by atoms with Gasteiger partial charge in [-0.3, -0.25) is 4.72 Å². The molecule has 0 aliphatic carbocycles. The molecule has 0 saturated carbocycles. The number of anilines is 1. The van der Waals surface area contributed by atoms with Gasteiger partial charge in [0.15, 0.2) is 0 Å². The molecule has 1 aromatic rings. The normalized spacial score (nSPS) is 11.4. The van der Waals surface area contributed by atoms with Crippen LogP contribution >= 0.6 is 0 Å². The molecule has 0 spiro atoms. The Morgan fingerprint density at radius 1 is 1.43 bits per heavy atom. The highest BCUT2D eigenvalue weighted by atomic mass is 32.2. The van der Waals surface area contributed by atoms with Gasteiger partial charge >= 0.3 is 0 Å². The first-order chi connectivity index (χ1) is 6.42. The molecule has 3 N–H and O–H groups in total. The van der Waals surface area contributed by atoms with Crippen molar-refractivity contribution in [1.29, 1.82) is 0 Å². The Bertz CT molecular complexity index is 426. The Labute approximate surface area is 84.2 Å². The maximum atomic E-state index is 11.0. The summed E-state index contributed by atoms with van der Waals surface area (Å²) in [6.45, 7) is 2.24. The summed E-state index contributed by atoms with van der Waals surface area (Å²) in [6.07, 6.45) is 1.13. The van der Waals surface area contributed by atoms with E-state index < -0.39 is 10.0 Å². The molecular weight excluding hydrogens is 200 g/mol. The van der Waals surface area contributed by atoms with Gasteiger partial charge in [-0.25, -0.2) is 8.42 Å². The van der Waals surface area contributed by atoms with E-state index in [1.54, 1.807) is 6.07 Å². The minimum absolute atomic E-state index is 0.402. The maximum Gasteiger partial charge on any atom is 0.229 e. The minimum atomic E-state index is -3.22. The lowest BCUT2D eigenvalue weighted by Crippen LogP contribution is -2.11. The average molecular weight is 214 g/mol. The van der Waals surface area contributed by atoms with Crippen LogP contribution in [0.3, 0.4) is 0 Å². The number of rotatable bonds is 3. The number of nitrogens with two attached hydrogens (primary N) is 1. The van der Waals surface area contributed by atoms with Gasteiger partial charge in [-0.2, -0.15) is 0 Å². The Morgan fingerprint density at radius 3 is 2.57 bits per heavy atom. The molecule has 0 aliphatic rings. The molecule has 4 nitrogen and oxygen atoms in total. The molecule has 0 bridgehead atoms. The molecule has 0 heterocycles. The number of hydrogen-bond donors (Lipinski definition) is 2. The zero-order chi connectivity index (χ0) is 10.8. The molecule has 0 aromatic heterocycles. The van der Waals surface area contributed by atoms with Crippen molar-refractivity contribution >= 4 is 15.7 Å². The van der Waals surface area contributed by atoms with Crippen LogP contribution in [0.25, 0.3) is 0 Å². The van der Waals surface area contributed by atoms with Crippen LogP contribution in [0.2, 0.25) is 0 Å². The van der Waals surface area contributed by atoms with Crippen molar-refractivity contribution in [1.82, 2.24) is 0 Å². The third-order valence-corrected chi connectivity index (χ3v) is 2.42. The summed E-state index contributed by atoms with van der Waals surface area (Å²) in [5, 5.41) is 0. The van der Waals surface area contributed by atoms with E-state index >= 15 is 0 Å². The highest BCUT2D eigenvalue weighted by molar-refractivity contribution is 7.92. The highest BCUT2D eigenvalue weighted by Gasteiger charge is 2.05. The molecule has 0 unspecified atom stereocenters. The van der Waals surface area contributed by atoms with Gasteiger partial charge in [0.2, 0.25) is 10.0 Å². The van der Waals surface area contributed by atoms with Crippen LogP contribution in [0.4, 0.5) is 5.69 Å². The molecule has 1 aromatic carbocycles. The quantitative estimate of drug-likeness (QED) is 0.782. The molecule has 5 heteroatoms. The van der Waals surface area contributed by atoms with Crippen molar-refractivity contribution in [3.05, 3.63) is 29.3 Å². The second kappa shape index (κ2) is 3.98. The van der Waals surface area contributed by atoms with Crippen molar-refractivity contribution in [2.45, 2.75) is 13.5 Å². The van der Waals surface area contributed by atoms with Gasteiger partial charge in [-0.15, -0.1) is 0 Å². The number of aryl methyl sites for hydroxylation is 1. The average Bonchev–Trinajstić information content (AvgIpc) is 2.06. The summed E-state index contributed by atoms with van der Waals surface area (Å²) >= 11 is 0. The first kappa shape index (κ1) is 11.0. The Balaban J connectivity index is 3.07. The predicted octanol–water partition coefficient (Wildman–Crippen LogP) is 0.825. The lowest BCUT2D eigenvalue weighted by atomic mass is 10.1. The highest BCUT2D eigenvalue weighted by Crippen LogP contribution is 2.17. The number of sulfonamides is 1. The van der Waals surface area contributed by atoms with Gasteiger partial charge in [-0.05, 0) is 24.1 Å². The fourth-order valence-electron chi connectivity index (χ4n) is 1.11. The lowest BCUT2D eigenvalue weighted by Gasteiger charge is -2.08. The SMILES string of the molecule is Cc1ccc(CN)cc1NS(C)(=O)=O. The van der Waals surface area contributed by atoms with Crippen LogP contribution in [0.15, 0.2) is 18.2 Å². The van der Waals surface area contributed by atoms with Crippen LogP contribution in [0, 0.1) is 6.92 Å². The van der Waals surface area contributed by atoms with E-state index in [2.05, 4.69) is 4.72 Å². The molecule has 0 aliphatic heterocycles. The molecule has 14 heavy (non-hydrogen) atoms. The molecule has 0 amide bonds. The van der Waals surface area contributed by atoms with E-state index in [9.17, 15) is 8.42 Å². The van der Waals surface area contributed by atoms with E-state index in [1.165, 1.54) is 0 Å². The van der Waals surface area contributed by atoms with Crippen molar-refractivity contribution in [3.63, 3.8) is 0 Å². The molecule has 0 atom stereocenters. The largest absolute Gasteiger partial charge is 0.326 e. The summed E-state index contributed by atoms with van der Waals surface area (Å²) in [6, 6.07) is 5.47. The van der Waals surface area contributed by atoms with Crippen molar-refractivity contribution in [3.8, 4) is 0 Å². The summed E-state index contributed by atoms with van der Waals surface area (Å²) in [5.41, 5.74) is 7.83. The molecule has 1 rings (SSSR count). The number of benzene rings is 1. The van der Waals surface area contributed by atoms with E-state index in [4.69, 9.17) is 5.73 Å². The standard InChI is InChI=1S/C9H14N2O2S/c1-7-3-4-8(6-10)5-9(7)11-14(2,12)13/h3-5,11H,6,10H2,1-2H3. The van der Waals surface area contributed by atoms with E-state index in [0.717, 1.165) is 17.4 Å². The van der Waals surface area contributed by atoms with Gasteiger partial charge in [0.05, 0.1) is 11.9 Å². The topological polar surface area (TPSA) is 72.2 Å². The fourth-order valence-corrected chi connectivity index (χ4v) is 1.73. The summed E-state index contributed by atoms with van der Waals surface area (Å²) in [4.78, 5) is 0. The third kappa shape index (κ3) is 3.01. The molecule has 78 valence electrons. The first-order valence-corrected chi connectivity index (χ1v) is 6.09. The van der Waals surface area contributed by atoms with Gasteiger partial charge < -0.3 is 5.73 Å². The van der Waals surface area contributed by atoms with Crippen molar-refractivity contribution < 1.29 is 8.42 Å². The first-order valence-electron chi connectivity index (χ1n) is 4.20. The molecular formula is C9H14N2O2S. The molecule has 0 saturated heterocycles. The van der Waals surface area contributed by atoms with Crippen LogP contribution in [0.5, 0.6) is 0 Å². The minimum Gasteiger partial charge on any atom is -0.326 e. The number of nitrogens with one attached hydrogen (secondary N) is 1. The molecule has 0 fully saturated rings. The zero-order valence-corrected chi connectivity index (χ0v) is 9.06. The third-order valence-electron chi connectivity index (χ3n) is 1.83. The Kier molecular flexibility index (Phi) is 3.13. The Hall–Kier alpha value is -1.07. The fraction of sp³-hybridized carbons (Fsp3) is 0.333. The van der Waals surface area contributed by atoms with Crippen molar-refractivity contribution in [2.75, 3.05) is 11.0 Å². The van der Waals surface area contributed by atoms with Crippen LogP contribution in [-0.4, -0.2) is 14.7 Å². The van der Waals surface area contributed by atoms with Gasteiger partial charge in [0, 0.05) is 6.54 Å². The monoisotopic (exact) mass is 214 g/mol. The maximum absolute atomic E-state index is 11.0. The summed E-state index contributed by atoms with van der Waals surface area (Å²) in [7, 11) is -3.22. The van der Waals surface area contributed by atoms with E-state index in [0.29, 0.717) is 12.2 Å². The van der Waals surface area contributed by atoms with Gasteiger partial charge in [0.1, 0.15) is 0 Å². The summed E-state index contributed by atoms with van der Waals surface area (Å²) in [5.74, 6) is 0. The van der Waals surface area contributed by atoms with Gasteiger partial charge in [0.25, 0.3) is 0 Å². The summed E-state index contributed by atoms with van der Waals surface area (Å²) < 4.78 is 24.5. The zero-order valence-electron chi connectivity index (χ0n) is 8.24. The van der Waals surface area contributed by atoms with Crippen LogP contribution < -0.4 is 10.5 Å². The van der Waals surface area contributed by atoms with Crippen molar-refractivity contribution in [2.24, 2.45) is 5.73 Å². The lowest BCUT2D eigenvalue weighted by molar-refractivity contribution is 0.607. The van der Waals surface area contributed by atoms with Crippen LogP contribution in [-0.2, 0) is 16.6 Å². The van der Waals surface area contributed by atoms with Gasteiger partial charge in [-0.1, -0.05) is 12.1 Å². The van der Waals surface area contributed by atoms with Crippen LogP contribution in [0.1, 0.15) is 11.1 Å². The Morgan fingerprint density at radius 2 is 2.07 bits per heavy atom. The predicted molar refractivity (Wildman–Crippen MR) is 57.5 cm³/mol. The number of hydrogen-bond acceptors (Lipinski definition) is 3. The molecule has 0 radical (unpaired) electrons. The second-order valence-corrected chi connectivity index (χ2v) is 4.98. The smallest absolute Gasteiger partial charge is 0.229 e.